The molecule has 1 atom stereocenters. The van der Waals surface area contributed by atoms with Crippen LogP contribution in [-0.2, 0) is 0 Å². The standard InChI is InChI=1S/C12H14ClFO/c1-7(2)8(3)12(15)9-4-5-11(14)10(13)6-9/h4-8H,1-3H3. The van der Waals surface area contributed by atoms with Crippen LogP contribution < -0.4 is 0 Å². The van der Waals surface area contributed by atoms with E-state index in [1.54, 1.807) is 0 Å². The molecule has 0 bridgehead atoms. The zero-order chi connectivity index (χ0) is 11.6. The fourth-order valence-electron chi connectivity index (χ4n) is 1.22. The summed E-state index contributed by atoms with van der Waals surface area (Å²) in [6.07, 6.45) is 0. The van der Waals surface area contributed by atoms with Crippen molar-refractivity contribution in [1.82, 2.24) is 0 Å². The van der Waals surface area contributed by atoms with Crippen molar-refractivity contribution in [3.63, 3.8) is 0 Å². The van der Waals surface area contributed by atoms with Crippen LogP contribution in [0.5, 0.6) is 0 Å². The van der Waals surface area contributed by atoms with Gasteiger partial charge in [-0.15, -0.1) is 0 Å². The number of benzene rings is 1. The van der Waals surface area contributed by atoms with E-state index in [0.29, 0.717) is 5.56 Å². The summed E-state index contributed by atoms with van der Waals surface area (Å²) in [5.41, 5.74) is 0.475. The van der Waals surface area contributed by atoms with Crippen LogP contribution >= 0.6 is 11.6 Å². The third-order valence-corrected chi connectivity index (χ3v) is 2.91. The van der Waals surface area contributed by atoms with Gasteiger partial charge >= 0.3 is 0 Å². The Morgan fingerprint density at radius 2 is 1.93 bits per heavy atom. The Bertz CT molecular complexity index is 374. The first-order valence-corrected chi connectivity index (χ1v) is 5.30. The Morgan fingerprint density at radius 3 is 2.40 bits per heavy atom. The number of carbonyl (C=O) groups excluding carboxylic acids is 1. The lowest BCUT2D eigenvalue weighted by Gasteiger charge is -2.14. The molecule has 0 N–H and O–H groups in total. The molecule has 1 aromatic rings. The first-order valence-electron chi connectivity index (χ1n) is 4.92. The largest absolute Gasteiger partial charge is 0.294 e. The Hall–Kier alpha value is -0.890. The topological polar surface area (TPSA) is 17.1 Å². The average Bonchev–Trinajstić information content (AvgIpc) is 2.19. The van der Waals surface area contributed by atoms with Gasteiger partial charge in [0.05, 0.1) is 5.02 Å². The van der Waals surface area contributed by atoms with Crippen LogP contribution in [0.25, 0.3) is 0 Å². The number of rotatable bonds is 3. The van der Waals surface area contributed by atoms with E-state index in [1.165, 1.54) is 18.2 Å². The van der Waals surface area contributed by atoms with Crippen molar-refractivity contribution in [2.24, 2.45) is 11.8 Å². The first kappa shape index (κ1) is 12.2. The first-order chi connectivity index (χ1) is 6.93. The quantitative estimate of drug-likeness (QED) is 0.716. The highest BCUT2D eigenvalue weighted by Gasteiger charge is 2.19. The molecule has 82 valence electrons. The summed E-state index contributed by atoms with van der Waals surface area (Å²) in [5.74, 6) is -0.301. The molecule has 0 amide bonds. The smallest absolute Gasteiger partial charge is 0.165 e. The summed E-state index contributed by atoms with van der Waals surface area (Å²) in [6.45, 7) is 5.83. The van der Waals surface area contributed by atoms with Crippen LogP contribution in [0.2, 0.25) is 5.02 Å². The fraction of sp³-hybridized carbons (Fsp3) is 0.417. The zero-order valence-corrected chi connectivity index (χ0v) is 9.81. The van der Waals surface area contributed by atoms with Gasteiger partial charge in [-0.2, -0.15) is 0 Å². The van der Waals surface area contributed by atoms with Gasteiger partial charge in [0.15, 0.2) is 5.78 Å². The highest BCUT2D eigenvalue weighted by Crippen LogP contribution is 2.21. The Balaban J connectivity index is 2.97. The molecule has 15 heavy (non-hydrogen) atoms. The van der Waals surface area contributed by atoms with Gasteiger partial charge in [-0.3, -0.25) is 4.79 Å². The van der Waals surface area contributed by atoms with Crippen molar-refractivity contribution < 1.29 is 9.18 Å². The molecule has 0 saturated heterocycles. The molecule has 1 unspecified atom stereocenters. The third-order valence-electron chi connectivity index (χ3n) is 2.62. The number of hydrogen-bond acceptors (Lipinski definition) is 1. The second-order valence-electron chi connectivity index (χ2n) is 4.03. The van der Waals surface area contributed by atoms with Crippen LogP contribution in [0.1, 0.15) is 31.1 Å². The normalized spacial score (nSPS) is 12.9. The highest BCUT2D eigenvalue weighted by molar-refractivity contribution is 6.31. The molecule has 0 saturated carbocycles. The molecule has 1 aromatic carbocycles. The molecule has 0 aliphatic heterocycles. The molecule has 3 heteroatoms. The van der Waals surface area contributed by atoms with E-state index in [1.807, 2.05) is 20.8 Å². The molecule has 0 spiro atoms. The van der Waals surface area contributed by atoms with E-state index in [-0.39, 0.29) is 22.6 Å². The molecule has 0 fully saturated rings. The van der Waals surface area contributed by atoms with Crippen molar-refractivity contribution in [2.75, 3.05) is 0 Å². The van der Waals surface area contributed by atoms with Crippen LogP contribution in [0, 0.1) is 17.7 Å². The fourth-order valence-corrected chi connectivity index (χ4v) is 1.40. The van der Waals surface area contributed by atoms with Crippen molar-refractivity contribution in [2.45, 2.75) is 20.8 Å². The van der Waals surface area contributed by atoms with Crippen LogP contribution in [0.3, 0.4) is 0 Å². The molecule has 0 radical (unpaired) electrons. The molecular weight excluding hydrogens is 215 g/mol. The highest BCUT2D eigenvalue weighted by atomic mass is 35.5. The molecule has 0 heterocycles. The maximum atomic E-state index is 12.9. The molecule has 0 aromatic heterocycles. The van der Waals surface area contributed by atoms with Gasteiger partial charge in [0.1, 0.15) is 5.82 Å². The average molecular weight is 229 g/mol. The zero-order valence-electron chi connectivity index (χ0n) is 9.05. The lowest BCUT2D eigenvalue weighted by atomic mass is 9.90. The van der Waals surface area contributed by atoms with Gasteiger partial charge in [0, 0.05) is 11.5 Å². The van der Waals surface area contributed by atoms with Crippen molar-refractivity contribution in [3.8, 4) is 0 Å². The molecule has 0 aliphatic rings. The van der Waals surface area contributed by atoms with Crippen molar-refractivity contribution in [1.29, 1.82) is 0 Å². The minimum absolute atomic E-state index is 0.00296. The number of carbonyl (C=O) groups is 1. The molecule has 1 rings (SSSR count). The monoisotopic (exact) mass is 228 g/mol. The maximum absolute atomic E-state index is 12.9. The number of Topliss-reactive ketones (excluding diaryl/α,β-unsaturated/α-hetero) is 1. The van der Waals surface area contributed by atoms with Crippen molar-refractivity contribution >= 4 is 17.4 Å². The van der Waals surface area contributed by atoms with E-state index < -0.39 is 5.82 Å². The lowest BCUT2D eigenvalue weighted by Crippen LogP contribution is -2.16. The minimum atomic E-state index is -0.495. The van der Waals surface area contributed by atoms with E-state index in [4.69, 9.17) is 11.6 Å². The maximum Gasteiger partial charge on any atom is 0.165 e. The van der Waals surface area contributed by atoms with Gasteiger partial charge in [0.25, 0.3) is 0 Å². The lowest BCUT2D eigenvalue weighted by molar-refractivity contribution is 0.0899. The van der Waals surface area contributed by atoms with E-state index in [2.05, 4.69) is 0 Å². The summed E-state index contributed by atoms with van der Waals surface area (Å²) in [5, 5.41) is -0.00296. The molecule has 1 nitrogen and oxygen atoms in total. The number of ketones is 1. The number of hydrogen-bond donors (Lipinski definition) is 0. The van der Waals surface area contributed by atoms with Gasteiger partial charge in [0.2, 0.25) is 0 Å². The minimum Gasteiger partial charge on any atom is -0.294 e. The summed E-state index contributed by atoms with van der Waals surface area (Å²) < 4.78 is 12.9. The second-order valence-corrected chi connectivity index (χ2v) is 4.43. The van der Waals surface area contributed by atoms with Gasteiger partial charge < -0.3 is 0 Å². The van der Waals surface area contributed by atoms with Crippen LogP contribution in [-0.4, -0.2) is 5.78 Å². The predicted octanol–water partition coefficient (Wildman–Crippen LogP) is 3.95. The van der Waals surface area contributed by atoms with Crippen molar-refractivity contribution in [3.05, 3.63) is 34.6 Å². The Morgan fingerprint density at radius 1 is 1.33 bits per heavy atom. The van der Waals surface area contributed by atoms with E-state index in [9.17, 15) is 9.18 Å². The Labute approximate surface area is 94.3 Å². The Kier molecular flexibility index (Phi) is 3.86. The SMILES string of the molecule is CC(C)C(C)C(=O)c1ccc(F)c(Cl)c1. The summed E-state index contributed by atoms with van der Waals surface area (Å²) in [7, 11) is 0. The van der Waals surface area contributed by atoms with Crippen LogP contribution in [0.15, 0.2) is 18.2 Å². The second kappa shape index (κ2) is 4.75. The summed E-state index contributed by atoms with van der Waals surface area (Å²) in [6, 6.07) is 4.09. The summed E-state index contributed by atoms with van der Waals surface area (Å²) in [4.78, 5) is 11.9. The predicted molar refractivity (Wildman–Crippen MR) is 59.7 cm³/mol. The molecular formula is C12H14ClFO. The van der Waals surface area contributed by atoms with E-state index >= 15 is 0 Å². The van der Waals surface area contributed by atoms with Gasteiger partial charge in [-0.05, 0) is 24.1 Å². The third kappa shape index (κ3) is 2.78. The van der Waals surface area contributed by atoms with Gasteiger partial charge in [-0.25, -0.2) is 4.39 Å². The van der Waals surface area contributed by atoms with Gasteiger partial charge in [-0.1, -0.05) is 32.4 Å². The van der Waals surface area contributed by atoms with Crippen LogP contribution in [0.4, 0.5) is 4.39 Å². The number of halogens is 2. The molecule has 0 aliphatic carbocycles. The summed E-state index contributed by atoms with van der Waals surface area (Å²) >= 11 is 5.61. The van der Waals surface area contributed by atoms with E-state index in [0.717, 1.165) is 0 Å².